The molecule has 5 nitrogen and oxygen atoms in total. The minimum absolute atomic E-state index is 0.634. The van der Waals surface area contributed by atoms with Crippen LogP contribution in [0.25, 0.3) is 17.1 Å². The second-order valence-corrected chi connectivity index (χ2v) is 4.92. The van der Waals surface area contributed by atoms with E-state index in [4.69, 9.17) is 0 Å². The smallest absolute Gasteiger partial charge is 0.205 e. The molecule has 0 unspecified atom stereocenters. The lowest BCUT2D eigenvalue weighted by atomic mass is 10.1. The highest BCUT2D eigenvalue weighted by Gasteiger charge is 2.09. The molecule has 0 bridgehead atoms. The number of aromatic nitrogens is 4. The van der Waals surface area contributed by atoms with Crippen molar-refractivity contribution < 1.29 is 0 Å². The maximum atomic E-state index is 4.47. The summed E-state index contributed by atoms with van der Waals surface area (Å²) in [5.74, 6) is 0.634. The second-order valence-electron chi connectivity index (χ2n) is 4.92. The van der Waals surface area contributed by atoms with Crippen LogP contribution in [0.5, 0.6) is 0 Å². The van der Waals surface area contributed by atoms with Crippen LogP contribution < -0.4 is 5.32 Å². The Kier molecular flexibility index (Phi) is 3.75. The van der Waals surface area contributed by atoms with E-state index in [1.165, 1.54) is 5.56 Å². The summed E-state index contributed by atoms with van der Waals surface area (Å²) in [6.45, 7) is 2.90. The fraction of sp³-hybridized carbons (Fsp3) is 0.188. The van der Waals surface area contributed by atoms with E-state index in [0.717, 1.165) is 23.4 Å². The summed E-state index contributed by atoms with van der Waals surface area (Å²) in [4.78, 5) is 1.58. The highest BCUT2D eigenvalue weighted by Crippen LogP contribution is 2.17. The van der Waals surface area contributed by atoms with Crippen molar-refractivity contribution in [3.63, 3.8) is 0 Å². The number of aryl methyl sites for hydroxylation is 1. The molecule has 1 aromatic heterocycles. The van der Waals surface area contributed by atoms with E-state index in [-0.39, 0.29) is 0 Å². The molecule has 0 saturated carbocycles. The Balaban J connectivity index is 1.93. The summed E-state index contributed by atoms with van der Waals surface area (Å²) >= 11 is 0. The van der Waals surface area contributed by atoms with Gasteiger partial charge in [-0.05, 0) is 36.4 Å². The summed E-state index contributed by atoms with van der Waals surface area (Å²) < 4.78 is 0. The third kappa shape index (κ3) is 2.83. The Bertz CT molecular complexity index is 733. The van der Waals surface area contributed by atoms with Gasteiger partial charge in [-0.15, -0.1) is 15.0 Å². The predicted octanol–water partition coefficient (Wildman–Crippen LogP) is 2.36. The topological polar surface area (TPSA) is 55.6 Å². The van der Waals surface area contributed by atoms with Crippen LogP contribution in [0.4, 0.5) is 0 Å². The van der Waals surface area contributed by atoms with Crippen LogP contribution in [0, 0.1) is 6.92 Å². The predicted molar refractivity (Wildman–Crippen MR) is 82.1 cm³/mol. The number of rotatable bonds is 4. The first-order valence-electron chi connectivity index (χ1n) is 6.88. The molecule has 21 heavy (non-hydrogen) atoms. The van der Waals surface area contributed by atoms with E-state index in [1.54, 1.807) is 4.80 Å². The first-order valence-corrected chi connectivity index (χ1v) is 6.88. The molecule has 0 aliphatic heterocycles. The maximum Gasteiger partial charge on any atom is 0.205 e. The van der Waals surface area contributed by atoms with Crippen molar-refractivity contribution in [1.82, 2.24) is 25.5 Å². The van der Waals surface area contributed by atoms with Crippen LogP contribution in [0.1, 0.15) is 11.1 Å². The molecular formula is C16H17N5. The van der Waals surface area contributed by atoms with Gasteiger partial charge in [-0.3, -0.25) is 0 Å². The number of hydrogen-bond acceptors (Lipinski definition) is 4. The molecule has 1 heterocycles. The zero-order chi connectivity index (χ0) is 14.7. The van der Waals surface area contributed by atoms with Gasteiger partial charge in [-0.25, -0.2) is 0 Å². The van der Waals surface area contributed by atoms with Gasteiger partial charge in [0, 0.05) is 12.1 Å². The molecule has 0 fully saturated rings. The summed E-state index contributed by atoms with van der Waals surface area (Å²) in [5, 5.41) is 15.9. The van der Waals surface area contributed by atoms with Crippen molar-refractivity contribution in [3.05, 3.63) is 59.7 Å². The van der Waals surface area contributed by atoms with E-state index in [9.17, 15) is 0 Å². The minimum atomic E-state index is 0.634. The van der Waals surface area contributed by atoms with Crippen molar-refractivity contribution in [2.24, 2.45) is 0 Å². The van der Waals surface area contributed by atoms with Gasteiger partial charge < -0.3 is 5.32 Å². The monoisotopic (exact) mass is 279 g/mol. The van der Waals surface area contributed by atoms with Gasteiger partial charge in [0.05, 0.1) is 5.69 Å². The van der Waals surface area contributed by atoms with Crippen LogP contribution in [0.2, 0.25) is 0 Å². The van der Waals surface area contributed by atoms with Crippen molar-refractivity contribution in [2.45, 2.75) is 13.5 Å². The van der Waals surface area contributed by atoms with Gasteiger partial charge in [0.15, 0.2) is 0 Å². The lowest BCUT2D eigenvalue weighted by Crippen LogP contribution is -2.07. The van der Waals surface area contributed by atoms with E-state index in [2.05, 4.69) is 39.8 Å². The molecule has 5 heteroatoms. The minimum Gasteiger partial charge on any atom is -0.316 e. The fourth-order valence-electron chi connectivity index (χ4n) is 2.28. The maximum absolute atomic E-state index is 4.47. The summed E-state index contributed by atoms with van der Waals surface area (Å²) in [5.41, 5.74) is 4.28. The van der Waals surface area contributed by atoms with Crippen molar-refractivity contribution in [1.29, 1.82) is 0 Å². The van der Waals surface area contributed by atoms with Crippen LogP contribution in [-0.4, -0.2) is 27.3 Å². The number of benzene rings is 2. The van der Waals surface area contributed by atoms with Crippen molar-refractivity contribution >= 4 is 0 Å². The fourth-order valence-corrected chi connectivity index (χ4v) is 2.28. The average molecular weight is 279 g/mol. The van der Waals surface area contributed by atoms with E-state index < -0.39 is 0 Å². The van der Waals surface area contributed by atoms with E-state index in [0.29, 0.717) is 5.82 Å². The molecule has 0 aliphatic carbocycles. The van der Waals surface area contributed by atoms with Crippen LogP contribution in [0.3, 0.4) is 0 Å². The third-order valence-corrected chi connectivity index (χ3v) is 3.30. The van der Waals surface area contributed by atoms with E-state index in [1.807, 2.05) is 43.4 Å². The molecule has 0 aliphatic rings. The SMILES string of the molecule is CNCc1ccc(-n2nnc(-c3ccccc3)n2)c(C)c1. The summed E-state index contributed by atoms with van der Waals surface area (Å²) in [6, 6.07) is 16.1. The van der Waals surface area contributed by atoms with Gasteiger partial charge in [0.1, 0.15) is 0 Å². The average Bonchev–Trinajstić information content (AvgIpc) is 2.98. The second kappa shape index (κ2) is 5.85. The number of nitrogens with zero attached hydrogens (tertiary/aromatic N) is 4. The Morgan fingerprint density at radius 2 is 1.90 bits per heavy atom. The molecule has 106 valence electrons. The lowest BCUT2D eigenvalue weighted by Gasteiger charge is -2.06. The quantitative estimate of drug-likeness (QED) is 0.796. The van der Waals surface area contributed by atoms with Gasteiger partial charge >= 0.3 is 0 Å². The standard InChI is InChI=1S/C16H17N5/c1-12-10-13(11-17-2)8-9-15(12)21-19-16(18-20-21)14-6-4-3-5-7-14/h3-10,17H,11H2,1-2H3. The molecular weight excluding hydrogens is 262 g/mol. The molecule has 0 amide bonds. The van der Waals surface area contributed by atoms with Gasteiger partial charge in [-0.2, -0.15) is 0 Å². The molecule has 3 aromatic rings. The zero-order valence-electron chi connectivity index (χ0n) is 12.1. The first-order chi connectivity index (χ1) is 10.3. The van der Waals surface area contributed by atoms with Gasteiger partial charge in [0.25, 0.3) is 0 Å². The van der Waals surface area contributed by atoms with Crippen molar-refractivity contribution in [3.8, 4) is 17.1 Å². The lowest BCUT2D eigenvalue weighted by molar-refractivity contribution is 0.714. The Morgan fingerprint density at radius 3 is 2.62 bits per heavy atom. The molecule has 0 spiro atoms. The first kappa shape index (κ1) is 13.5. The Hall–Kier alpha value is -2.53. The molecule has 1 N–H and O–H groups in total. The highest BCUT2D eigenvalue weighted by molar-refractivity contribution is 5.53. The molecule has 3 rings (SSSR count). The summed E-state index contributed by atoms with van der Waals surface area (Å²) in [7, 11) is 1.94. The number of nitrogens with one attached hydrogen (secondary N) is 1. The molecule has 0 saturated heterocycles. The van der Waals surface area contributed by atoms with Crippen LogP contribution in [-0.2, 0) is 6.54 Å². The van der Waals surface area contributed by atoms with Crippen molar-refractivity contribution in [2.75, 3.05) is 7.05 Å². The molecule has 0 radical (unpaired) electrons. The third-order valence-electron chi connectivity index (χ3n) is 3.30. The Labute approximate surface area is 123 Å². The highest BCUT2D eigenvalue weighted by atomic mass is 15.6. The normalized spacial score (nSPS) is 10.8. The summed E-state index contributed by atoms with van der Waals surface area (Å²) in [6.07, 6.45) is 0. The number of hydrogen-bond donors (Lipinski definition) is 1. The zero-order valence-corrected chi connectivity index (χ0v) is 12.1. The van der Waals surface area contributed by atoms with E-state index >= 15 is 0 Å². The van der Waals surface area contributed by atoms with Gasteiger partial charge in [0.2, 0.25) is 5.82 Å². The van der Waals surface area contributed by atoms with Crippen LogP contribution in [0.15, 0.2) is 48.5 Å². The molecule has 0 atom stereocenters. The van der Waals surface area contributed by atoms with Gasteiger partial charge in [-0.1, -0.05) is 42.5 Å². The molecule has 2 aromatic carbocycles. The largest absolute Gasteiger partial charge is 0.316 e. The van der Waals surface area contributed by atoms with Crippen LogP contribution >= 0.6 is 0 Å². The number of tetrazole rings is 1. The Morgan fingerprint density at radius 1 is 1.10 bits per heavy atom.